The van der Waals surface area contributed by atoms with Crippen molar-refractivity contribution in [2.45, 2.75) is 19.9 Å². The summed E-state index contributed by atoms with van der Waals surface area (Å²) in [6.45, 7) is 4.31. The average Bonchev–Trinajstić information content (AvgIpc) is 2.81. The van der Waals surface area contributed by atoms with Crippen LogP contribution in [0.15, 0.2) is 42.7 Å². The van der Waals surface area contributed by atoms with Gasteiger partial charge in [-0.2, -0.15) is 0 Å². The molecule has 0 aliphatic carbocycles. The van der Waals surface area contributed by atoms with E-state index in [9.17, 15) is 0 Å². The fourth-order valence-electron chi connectivity index (χ4n) is 3.39. The third-order valence-electron chi connectivity index (χ3n) is 4.42. The van der Waals surface area contributed by atoms with Crippen molar-refractivity contribution < 1.29 is 0 Å². The van der Waals surface area contributed by atoms with Crippen LogP contribution in [0.5, 0.6) is 0 Å². The number of aromatic nitrogens is 2. The van der Waals surface area contributed by atoms with Crippen LogP contribution < -0.4 is 0 Å². The van der Waals surface area contributed by atoms with Gasteiger partial charge in [-0.1, -0.05) is 11.6 Å². The lowest BCUT2D eigenvalue weighted by Gasteiger charge is -2.24. The van der Waals surface area contributed by atoms with Crippen LogP contribution in [-0.4, -0.2) is 28.0 Å². The summed E-state index contributed by atoms with van der Waals surface area (Å²) in [5.41, 5.74) is 6.79. The monoisotopic (exact) mass is 277 g/mol. The quantitative estimate of drug-likeness (QED) is 0.680. The highest BCUT2D eigenvalue weighted by Gasteiger charge is 2.22. The van der Waals surface area contributed by atoms with Gasteiger partial charge in [0.25, 0.3) is 0 Å². The second kappa shape index (κ2) is 4.71. The molecule has 0 radical (unpaired) electrons. The van der Waals surface area contributed by atoms with Crippen LogP contribution in [-0.2, 0) is 13.0 Å². The Morgan fingerprint density at radius 2 is 1.90 bits per heavy atom. The number of aryl methyl sites for hydroxylation is 1. The summed E-state index contributed by atoms with van der Waals surface area (Å²) in [6, 6.07) is 11.0. The van der Waals surface area contributed by atoms with Gasteiger partial charge in [0, 0.05) is 42.3 Å². The smallest absolute Gasteiger partial charge is 0.0535 e. The van der Waals surface area contributed by atoms with E-state index in [0.29, 0.717) is 0 Å². The van der Waals surface area contributed by atoms with Crippen LogP contribution in [0.2, 0.25) is 0 Å². The van der Waals surface area contributed by atoms with E-state index in [-0.39, 0.29) is 0 Å². The van der Waals surface area contributed by atoms with Crippen molar-refractivity contribution in [2.24, 2.45) is 0 Å². The van der Waals surface area contributed by atoms with E-state index >= 15 is 0 Å². The van der Waals surface area contributed by atoms with Crippen molar-refractivity contribution in [3.63, 3.8) is 0 Å². The van der Waals surface area contributed by atoms with Crippen molar-refractivity contribution in [2.75, 3.05) is 13.6 Å². The Hall–Kier alpha value is -2.13. The van der Waals surface area contributed by atoms with Crippen LogP contribution >= 0.6 is 0 Å². The Balaban J connectivity index is 2.07. The van der Waals surface area contributed by atoms with Crippen LogP contribution in [0.3, 0.4) is 0 Å². The van der Waals surface area contributed by atoms with E-state index in [2.05, 4.69) is 58.8 Å². The second-order valence-corrected chi connectivity index (χ2v) is 5.97. The fourth-order valence-corrected chi connectivity index (χ4v) is 3.39. The van der Waals surface area contributed by atoms with Gasteiger partial charge in [0.1, 0.15) is 0 Å². The molecule has 0 atom stereocenters. The topological polar surface area (TPSA) is 21.1 Å². The molecule has 0 unspecified atom stereocenters. The molecule has 0 saturated carbocycles. The SMILES string of the molecule is Cc1ccc2c(c1)c1c(n2-c2ccncc2)CN(C)CC1. The summed E-state index contributed by atoms with van der Waals surface area (Å²) in [7, 11) is 2.20. The van der Waals surface area contributed by atoms with Crippen LogP contribution in [0.25, 0.3) is 16.6 Å². The van der Waals surface area contributed by atoms with Crippen molar-refractivity contribution >= 4 is 10.9 Å². The summed E-state index contributed by atoms with van der Waals surface area (Å²) in [4.78, 5) is 6.55. The zero-order valence-electron chi connectivity index (χ0n) is 12.5. The molecule has 0 bridgehead atoms. The molecule has 1 aromatic carbocycles. The third-order valence-corrected chi connectivity index (χ3v) is 4.42. The maximum atomic E-state index is 4.15. The standard InChI is InChI=1S/C18H19N3/c1-13-3-4-17-16(11-13)15-7-10-20(2)12-18(15)21(17)14-5-8-19-9-6-14/h3-6,8-9,11H,7,10,12H2,1-2H3. The van der Waals surface area contributed by atoms with E-state index in [4.69, 9.17) is 0 Å². The minimum atomic E-state index is 1.01. The van der Waals surface area contributed by atoms with Gasteiger partial charge >= 0.3 is 0 Å². The van der Waals surface area contributed by atoms with Gasteiger partial charge in [-0.05, 0) is 50.2 Å². The maximum Gasteiger partial charge on any atom is 0.0535 e. The molecule has 3 nitrogen and oxygen atoms in total. The fraction of sp³-hybridized carbons (Fsp3) is 0.278. The first-order valence-corrected chi connectivity index (χ1v) is 7.46. The highest BCUT2D eigenvalue weighted by atomic mass is 15.1. The molecule has 2 aromatic heterocycles. The summed E-state index contributed by atoms with van der Waals surface area (Å²) >= 11 is 0. The van der Waals surface area contributed by atoms with E-state index < -0.39 is 0 Å². The highest BCUT2D eigenvalue weighted by Crippen LogP contribution is 2.33. The van der Waals surface area contributed by atoms with E-state index in [0.717, 1.165) is 19.5 Å². The van der Waals surface area contributed by atoms with Gasteiger partial charge in [0.05, 0.1) is 5.52 Å². The molecule has 4 rings (SSSR count). The molecule has 1 aliphatic rings. The first kappa shape index (κ1) is 12.6. The summed E-state index contributed by atoms with van der Waals surface area (Å²) in [5.74, 6) is 0. The van der Waals surface area contributed by atoms with Crippen molar-refractivity contribution in [1.29, 1.82) is 0 Å². The third kappa shape index (κ3) is 1.96. The Kier molecular flexibility index (Phi) is 2.82. The number of nitrogens with zero attached hydrogens (tertiary/aromatic N) is 3. The van der Waals surface area contributed by atoms with Gasteiger partial charge in [-0.3, -0.25) is 4.98 Å². The second-order valence-electron chi connectivity index (χ2n) is 5.97. The number of pyridine rings is 1. The lowest BCUT2D eigenvalue weighted by Crippen LogP contribution is -2.27. The number of likely N-dealkylation sites (N-methyl/N-ethyl adjacent to an activating group) is 1. The Morgan fingerprint density at radius 3 is 2.71 bits per heavy atom. The van der Waals surface area contributed by atoms with Crippen molar-refractivity contribution in [3.05, 3.63) is 59.5 Å². The Morgan fingerprint density at radius 1 is 1.10 bits per heavy atom. The Bertz CT molecular complexity index is 802. The summed E-state index contributed by atoms with van der Waals surface area (Å²) in [5, 5.41) is 1.41. The van der Waals surface area contributed by atoms with Gasteiger partial charge in [0.2, 0.25) is 0 Å². The molecular formula is C18H19N3. The lowest BCUT2D eigenvalue weighted by molar-refractivity contribution is 0.307. The molecule has 3 heterocycles. The minimum Gasteiger partial charge on any atom is -0.312 e. The number of hydrogen-bond donors (Lipinski definition) is 0. The van der Waals surface area contributed by atoms with Gasteiger partial charge in [-0.15, -0.1) is 0 Å². The molecule has 3 heteroatoms. The van der Waals surface area contributed by atoms with Gasteiger partial charge < -0.3 is 9.47 Å². The first-order chi connectivity index (χ1) is 10.2. The largest absolute Gasteiger partial charge is 0.312 e. The van der Waals surface area contributed by atoms with Crippen molar-refractivity contribution in [1.82, 2.24) is 14.5 Å². The molecule has 0 N–H and O–H groups in total. The average molecular weight is 277 g/mol. The Labute approximate surface area is 124 Å². The van der Waals surface area contributed by atoms with Gasteiger partial charge in [-0.25, -0.2) is 0 Å². The number of rotatable bonds is 1. The number of hydrogen-bond acceptors (Lipinski definition) is 2. The molecule has 0 saturated heterocycles. The molecular weight excluding hydrogens is 258 g/mol. The predicted octanol–water partition coefficient (Wildman–Crippen LogP) is 3.32. The highest BCUT2D eigenvalue weighted by molar-refractivity contribution is 5.88. The maximum absolute atomic E-state index is 4.15. The number of benzene rings is 1. The zero-order chi connectivity index (χ0) is 14.4. The molecule has 1 aliphatic heterocycles. The summed E-state index contributed by atoms with van der Waals surface area (Å²) < 4.78 is 2.40. The number of fused-ring (bicyclic) bond motifs is 3. The molecule has 106 valence electrons. The summed E-state index contributed by atoms with van der Waals surface area (Å²) in [6.07, 6.45) is 4.87. The minimum absolute atomic E-state index is 1.01. The molecule has 21 heavy (non-hydrogen) atoms. The zero-order valence-corrected chi connectivity index (χ0v) is 12.5. The first-order valence-electron chi connectivity index (χ1n) is 7.46. The van der Waals surface area contributed by atoms with Crippen molar-refractivity contribution in [3.8, 4) is 5.69 Å². The molecule has 0 spiro atoms. The molecule has 3 aromatic rings. The van der Waals surface area contributed by atoms with E-state index in [1.807, 2.05) is 12.4 Å². The van der Waals surface area contributed by atoms with Crippen LogP contribution in [0.1, 0.15) is 16.8 Å². The predicted molar refractivity (Wildman–Crippen MR) is 85.8 cm³/mol. The lowest BCUT2D eigenvalue weighted by atomic mass is 10.0. The van der Waals surface area contributed by atoms with Crippen LogP contribution in [0, 0.1) is 6.92 Å². The van der Waals surface area contributed by atoms with E-state index in [1.165, 1.54) is 33.4 Å². The normalized spacial score (nSPS) is 15.3. The molecule has 0 fully saturated rings. The van der Waals surface area contributed by atoms with E-state index in [1.54, 1.807) is 0 Å². The van der Waals surface area contributed by atoms with Crippen LogP contribution in [0.4, 0.5) is 0 Å². The van der Waals surface area contributed by atoms with Gasteiger partial charge in [0.15, 0.2) is 0 Å². The molecule has 0 amide bonds.